The van der Waals surface area contributed by atoms with E-state index in [1.165, 1.54) is 6.92 Å². The van der Waals surface area contributed by atoms with Crippen molar-refractivity contribution in [3.63, 3.8) is 0 Å². The van der Waals surface area contributed by atoms with Gasteiger partial charge in [0.15, 0.2) is 5.96 Å². The zero-order valence-electron chi connectivity index (χ0n) is 20.4. The average molecular weight is 487 g/mol. The van der Waals surface area contributed by atoms with Gasteiger partial charge in [0.1, 0.15) is 18.1 Å². The summed E-state index contributed by atoms with van der Waals surface area (Å²) in [4.78, 5) is 53.1. The first-order valence-electron chi connectivity index (χ1n) is 11.6. The fourth-order valence-electron chi connectivity index (χ4n) is 3.03. The van der Waals surface area contributed by atoms with Crippen molar-refractivity contribution in [1.29, 1.82) is 0 Å². The summed E-state index contributed by atoms with van der Waals surface area (Å²) in [6, 6.07) is -3.88. The second-order valence-corrected chi connectivity index (χ2v) is 8.34. The lowest BCUT2D eigenvalue weighted by Gasteiger charge is -2.27. The Labute approximate surface area is 200 Å². The molecular weight excluding hydrogens is 444 g/mol. The van der Waals surface area contributed by atoms with E-state index in [-0.39, 0.29) is 24.8 Å². The number of carboxylic acid groups (broad SMARTS) is 1. The molecule has 5 unspecified atom stereocenters. The van der Waals surface area contributed by atoms with Crippen LogP contribution >= 0.6 is 0 Å². The number of carbonyl (C=O) groups excluding carboxylic acids is 3. The standard InChI is InChI=1S/C21H42N8O5/c1-4-12(2)16(29-18(31)14(23)8-5-6-10-22)19(32)27-13(3)17(30)28-15(20(33)34)9-7-11-26-21(24)25/h12-16H,4-11,22-23H2,1-3H3,(H,27,32)(H,28,30)(H,29,31)(H,33,34)(H4,24,25,26). The van der Waals surface area contributed by atoms with E-state index in [0.717, 1.165) is 6.42 Å². The second kappa shape index (κ2) is 16.6. The Kier molecular flexibility index (Phi) is 15.2. The minimum Gasteiger partial charge on any atom is -0.480 e. The highest BCUT2D eigenvalue weighted by Crippen LogP contribution is 2.10. The van der Waals surface area contributed by atoms with Gasteiger partial charge in [-0.25, -0.2) is 4.79 Å². The number of unbranched alkanes of at least 4 members (excludes halogenated alkanes) is 1. The van der Waals surface area contributed by atoms with Gasteiger partial charge < -0.3 is 44.0 Å². The molecule has 196 valence electrons. The quantitative estimate of drug-likeness (QED) is 0.0649. The predicted octanol–water partition coefficient (Wildman–Crippen LogP) is -1.90. The molecule has 13 heteroatoms. The number of nitrogens with one attached hydrogen (secondary N) is 3. The van der Waals surface area contributed by atoms with Crippen LogP contribution in [0.4, 0.5) is 0 Å². The molecular formula is C21H42N8O5. The van der Waals surface area contributed by atoms with Crippen molar-refractivity contribution in [3.8, 4) is 0 Å². The van der Waals surface area contributed by atoms with E-state index in [4.69, 9.17) is 22.9 Å². The molecule has 0 bridgehead atoms. The summed E-state index contributed by atoms with van der Waals surface area (Å²) < 4.78 is 0. The predicted molar refractivity (Wildman–Crippen MR) is 129 cm³/mol. The Morgan fingerprint density at radius 1 is 0.912 bits per heavy atom. The molecule has 0 saturated heterocycles. The first-order chi connectivity index (χ1) is 15.9. The molecule has 12 N–H and O–H groups in total. The molecule has 13 nitrogen and oxygen atoms in total. The van der Waals surface area contributed by atoms with Gasteiger partial charge in [0, 0.05) is 6.54 Å². The third-order valence-electron chi connectivity index (χ3n) is 5.41. The van der Waals surface area contributed by atoms with Gasteiger partial charge in [0.2, 0.25) is 17.7 Å². The van der Waals surface area contributed by atoms with Crippen molar-refractivity contribution < 1.29 is 24.3 Å². The van der Waals surface area contributed by atoms with Crippen LogP contribution in [0.3, 0.4) is 0 Å². The number of amides is 3. The van der Waals surface area contributed by atoms with E-state index in [2.05, 4.69) is 20.9 Å². The van der Waals surface area contributed by atoms with Gasteiger partial charge in [0.05, 0.1) is 6.04 Å². The maximum Gasteiger partial charge on any atom is 0.326 e. The summed E-state index contributed by atoms with van der Waals surface area (Å²) in [5.74, 6) is -3.23. The molecule has 0 aromatic carbocycles. The van der Waals surface area contributed by atoms with Crippen LogP contribution in [-0.4, -0.2) is 72.0 Å². The lowest BCUT2D eigenvalue weighted by atomic mass is 9.97. The fraction of sp³-hybridized carbons (Fsp3) is 0.762. The van der Waals surface area contributed by atoms with Gasteiger partial charge in [-0.05, 0) is 45.1 Å². The van der Waals surface area contributed by atoms with Crippen LogP contribution in [0.1, 0.15) is 59.3 Å². The largest absolute Gasteiger partial charge is 0.480 e. The van der Waals surface area contributed by atoms with Crippen LogP contribution in [0, 0.1) is 5.92 Å². The van der Waals surface area contributed by atoms with E-state index in [1.807, 2.05) is 6.92 Å². The number of carboxylic acids is 1. The average Bonchev–Trinajstić information content (AvgIpc) is 2.77. The smallest absolute Gasteiger partial charge is 0.326 e. The van der Waals surface area contributed by atoms with Crippen molar-refractivity contribution in [2.75, 3.05) is 13.1 Å². The minimum atomic E-state index is -1.22. The Balaban J connectivity index is 5.01. The molecule has 0 saturated carbocycles. The Morgan fingerprint density at radius 2 is 1.56 bits per heavy atom. The molecule has 0 aromatic heterocycles. The van der Waals surface area contributed by atoms with E-state index >= 15 is 0 Å². The number of aliphatic carboxylic acids is 1. The number of carbonyl (C=O) groups is 4. The number of hydrogen-bond donors (Lipinski definition) is 8. The van der Waals surface area contributed by atoms with Crippen LogP contribution in [0.15, 0.2) is 4.99 Å². The summed E-state index contributed by atoms with van der Waals surface area (Å²) in [6.07, 6.45) is 2.91. The topological polar surface area (TPSA) is 241 Å². The van der Waals surface area contributed by atoms with Gasteiger partial charge in [-0.1, -0.05) is 26.7 Å². The van der Waals surface area contributed by atoms with Crippen LogP contribution in [0.2, 0.25) is 0 Å². The summed E-state index contributed by atoms with van der Waals surface area (Å²) in [6.45, 7) is 5.82. The molecule has 0 aliphatic rings. The van der Waals surface area contributed by atoms with Crippen molar-refractivity contribution in [2.45, 2.75) is 83.5 Å². The summed E-state index contributed by atoms with van der Waals surface area (Å²) in [5, 5.41) is 17.0. The van der Waals surface area contributed by atoms with Gasteiger partial charge in [0.25, 0.3) is 0 Å². The number of rotatable bonds is 17. The molecule has 0 aromatic rings. The number of nitrogens with zero attached hydrogens (tertiary/aromatic N) is 1. The Bertz CT molecular complexity index is 699. The van der Waals surface area contributed by atoms with Crippen LogP contribution in [-0.2, 0) is 19.2 Å². The molecule has 5 atom stereocenters. The molecule has 34 heavy (non-hydrogen) atoms. The van der Waals surface area contributed by atoms with Gasteiger partial charge in [-0.15, -0.1) is 0 Å². The van der Waals surface area contributed by atoms with Crippen molar-refractivity contribution in [1.82, 2.24) is 16.0 Å². The maximum atomic E-state index is 12.9. The van der Waals surface area contributed by atoms with E-state index in [9.17, 15) is 24.3 Å². The molecule has 3 amide bonds. The van der Waals surface area contributed by atoms with Crippen molar-refractivity contribution >= 4 is 29.7 Å². The zero-order valence-corrected chi connectivity index (χ0v) is 20.4. The normalized spacial score (nSPS) is 15.2. The molecule has 0 aliphatic carbocycles. The highest BCUT2D eigenvalue weighted by molar-refractivity contribution is 5.94. The third kappa shape index (κ3) is 12.3. The summed E-state index contributed by atoms with van der Waals surface area (Å²) in [7, 11) is 0. The van der Waals surface area contributed by atoms with Crippen LogP contribution in [0.5, 0.6) is 0 Å². The van der Waals surface area contributed by atoms with Crippen LogP contribution < -0.4 is 38.9 Å². The third-order valence-corrected chi connectivity index (χ3v) is 5.41. The van der Waals surface area contributed by atoms with E-state index in [0.29, 0.717) is 32.2 Å². The summed E-state index contributed by atoms with van der Waals surface area (Å²) in [5.41, 5.74) is 21.8. The molecule has 0 spiro atoms. The number of hydrogen-bond acceptors (Lipinski definition) is 7. The first kappa shape index (κ1) is 31.1. The monoisotopic (exact) mass is 486 g/mol. The molecule has 0 radical (unpaired) electrons. The summed E-state index contributed by atoms with van der Waals surface area (Å²) >= 11 is 0. The molecule has 0 aliphatic heterocycles. The van der Waals surface area contributed by atoms with Gasteiger partial charge >= 0.3 is 5.97 Å². The second-order valence-electron chi connectivity index (χ2n) is 8.34. The zero-order chi connectivity index (χ0) is 26.3. The number of aliphatic imine (C=N–C) groups is 1. The van der Waals surface area contributed by atoms with E-state index in [1.54, 1.807) is 6.92 Å². The Hall–Kier alpha value is -2.93. The fourth-order valence-corrected chi connectivity index (χ4v) is 3.03. The van der Waals surface area contributed by atoms with Gasteiger partial charge in [-0.2, -0.15) is 0 Å². The number of guanidine groups is 1. The van der Waals surface area contributed by atoms with Crippen molar-refractivity contribution in [2.24, 2.45) is 33.8 Å². The first-order valence-corrected chi connectivity index (χ1v) is 11.6. The number of nitrogens with two attached hydrogens (primary N) is 4. The SMILES string of the molecule is CCC(C)C(NC(=O)C(N)CCCCN)C(=O)NC(C)C(=O)NC(CCCN=C(N)N)C(=O)O. The van der Waals surface area contributed by atoms with E-state index < -0.39 is 47.9 Å². The Morgan fingerprint density at radius 3 is 2.09 bits per heavy atom. The highest BCUT2D eigenvalue weighted by atomic mass is 16.4. The molecule has 0 heterocycles. The maximum absolute atomic E-state index is 12.9. The minimum absolute atomic E-state index is 0.103. The lowest BCUT2D eigenvalue weighted by Crippen LogP contribution is -2.58. The van der Waals surface area contributed by atoms with Gasteiger partial charge in [-0.3, -0.25) is 19.4 Å². The van der Waals surface area contributed by atoms with Crippen molar-refractivity contribution in [3.05, 3.63) is 0 Å². The molecule has 0 fully saturated rings. The molecule has 0 rings (SSSR count). The lowest BCUT2D eigenvalue weighted by molar-refractivity contribution is -0.142. The highest BCUT2D eigenvalue weighted by Gasteiger charge is 2.30. The van der Waals surface area contributed by atoms with Crippen LogP contribution in [0.25, 0.3) is 0 Å².